The maximum absolute atomic E-state index is 5.46. The molecule has 0 unspecified atom stereocenters. The van der Waals surface area contributed by atoms with Crippen LogP contribution in [0.2, 0.25) is 0 Å². The van der Waals surface area contributed by atoms with Crippen molar-refractivity contribution in [3.8, 4) is 33.9 Å². The summed E-state index contributed by atoms with van der Waals surface area (Å²) >= 11 is 0. The lowest BCUT2D eigenvalue weighted by atomic mass is 9.76. The van der Waals surface area contributed by atoms with Crippen molar-refractivity contribution in [1.29, 1.82) is 0 Å². The van der Waals surface area contributed by atoms with Gasteiger partial charge in [-0.15, -0.1) is 0 Å². The quantitative estimate of drug-likeness (QED) is 0.136. The third-order valence-corrected chi connectivity index (χ3v) is 12.9. The Labute approximate surface area is 383 Å². The molecule has 4 heteroatoms. The summed E-state index contributed by atoms with van der Waals surface area (Å²) in [6.07, 6.45) is 0. The molecule has 0 aliphatic rings. The second-order valence-electron chi connectivity index (χ2n) is 17.7. The summed E-state index contributed by atoms with van der Waals surface area (Å²) in [6, 6.07) is 65.4. The van der Waals surface area contributed by atoms with Gasteiger partial charge in [0.25, 0.3) is 0 Å². The molecule has 316 valence electrons. The highest BCUT2D eigenvalue weighted by Gasteiger charge is 2.28. The van der Waals surface area contributed by atoms with E-state index in [1.165, 1.54) is 55.5 Å². The van der Waals surface area contributed by atoms with E-state index in [2.05, 4.69) is 217 Å². The first kappa shape index (κ1) is 41.3. The van der Waals surface area contributed by atoms with Gasteiger partial charge in [0.05, 0.1) is 11.4 Å². The van der Waals surface area contributed by atoms with Crippen molar-refractivity contribution in [2.75, 3.05) is 4.90 Å². The van der Waals surface area contributed by atoms with Crippen molar-refractivity contribution in [1.82, 2.24) is 15.0 Å². The van der Waals surface area contributed by atoms with Crippen LogP contribution in [0.25, 0.3) is 55.4 Å². The van der Waals surface area contributed by atoms with Gasteiger partial charge in [-0.2, -0.15) is 9.97 Å². The van der Waals surface area contributed by atoms with Crippen LogP contribution in [0.4, 0.5) is 17.3 Å². The van der Waals surface area contributed by atoms with Crippen LogP contribution < -0.4 is 4.90 Å². The molecule has 0 atom stereocenters. The average Bonchev–Trinajstić information content (AvgIpc) is 3.31. The van der Waals surface area contributed by atoms with Crippen molar-refractivity contribution < 1.29 is 0 Å². The summed E-state index contributed by atoms with van der Waals surface area (Å²) in [4.78, 5) is 18.4. The van der Waals surface area contributed by atoms with Crippen LogP contribution in [0.1, 0.15) is 61.6 Å². The molecular weight excluding hydrogens is 789 g/mol. The fraction of sp³-hybridized carbons (Fsp3) is 0.131. The van der Waals surface area contributed by atoms with Gasteiger partial charge in [0.15, 0.2) is 11.6 Å². The molecule has 10 aromatic rings. The molecule has 65 heavy (non-hydrogen) atoms. The predicted octanol–water partition coefficient (Wildman–Crippen LogP) is 16.0. The molecule has 1 heterocycles. The Morgan fingerprint density at radius 1 is 0.354 bits per heavy atom. The lowest BCUT2D eigenvalue weighted by Gasteiger charge is -2.30. The van der Waals surface area contributed by atoms with Crippen LogP contribution in [0.15, 0.2) is 182 Å². The van der Waals surface area contributed by atoms with Crippen molar-refractivity contribution in [2.45, 2.75) is 54.4 Å². The molecule has 4 nitrogen and oxygen atoms in total. The fourth-order valence-electron chi connectivity index (χ4n) is 10.1. The van der Waals surface area contributed by atoms with E-state index in [0.717, 1.165) is 55.4 Å². The number of fused-ring (bicyclic) bond motifs is 2. The van der Waals surface area contributed by atoms with E-state index in [-0.39, 0.29) is 5.92 Å². The molecule has 0 saturated heterocycles. The molecule has 10 rings (SSSR count). The average molecular weight is 841 g/mol. The monoisotopic (exact) mass is 840 g/mol. The molecule has 0 aliphatic heterocycles. The topological polar surface area (TPSA) is 41.9 Å². The first-order valence-corrected chi connectivity index (χ1v) is 22.5. The van der Waals surface area contributed by atoms with Crippen LogP contribution in [-0.4, -0.2) is 15.0 Å². The maximum atomic E-state index is 5.46. The highest BCUT2D eigenvalue weighted by atomic mass is 15.3. The lowest BCUT2D eigenvalue weighted by molar-refractivity contribution is 0.916. The third kappa shape index (κ3) is 7.98. The highest BCUT2D eigenvalue weighted by Crippen LogP contribution is 2.46. The Kier molecular flexibility index (Phi) is 10.9. The number of hydrogen-bond acceptors (Lipinski definition) is 4. The molecule has 0 aliphatic carbocycles. The molecule has 0 radical (unpaired) electrons. The number of rotatable bonds is 9. The van der Waals surface area contributed by atoms with Crippen molar-refractivity contribution in [3.05, 3.63) is 238 Å². The Bertz CT molecular complexity index is 3300. The number of hydrogen-bond donors (Lipinski definition) is 0. The minimum atomic E-state index is 0.0271. The van der Waals surface area contributed by atoms with Crippen LogP contribution in [0, 0.1) is 48.5 Å². The van der Waals surface area contributed by atoms with E-state index in [1.807, 2.05) is 18.2 Å². The van der Waals surface area contributed by atoms with Crippen molar-refractivity contribution in [3.63, 3.8) is 0 Å². The number of benzene rings is 9. The van der Waals surface area contributed by atoms with E-state index < -0.39 is 0 Å². The van der Waals surface area contributed by atoms with Crippen LogP contribution >= 0.6 is 0 Å². The van der Waals surface area contributed by atoms with Crippen LogP contribution in [0.5, 0.6) is 0 Å². The van der Waals surface area contributed by atoms with E-state index in [0.29, 0.717) is 17.6 Å². The molecular formula is C61H52N4. The highest BCUT2D eigenvalue weighted by molar-refractivity contribution is 5.98. The smallest absolute Gasteiger partial charge is 0.238 e. The summed E-state index contributed by atoms with van der Waals surface area (Å²) in [6.45, 7) is 15.7. The lowest BCUT2D eigenvalue weighted by Crippen LogP contribution is -2.18. The normalized spacial score (nSPS) is 11.4. The van der Waals surface area contributed by atoms with Gasteiger partial charge < -0.3 is 0 Å². The third-order valence-electron chi connectivity index (χ3n) is 12.9. The second-order valence-corrected chi connectivity index (χ2v) is 17.7. The summed E-state index contributed by atoms with van der Waals surface area (Å²) in [7, 11) is 0. The molecule has 0 fully saturated rings. The van der Waals surface area contributed by atoms with Gasteiger partial charge in [0.2, 0.25) is 5.95 Å². The zero-order valence-corrected chi connectivity index (χ0v) is 38.2. The Balaban J connectivity index is 1.26. The number of anilines is 3. The molecule has 9 aromatic carbocycles. The fourth-order valence-corrected chi connectivity index (χ4v) is 10.1. The molecule has 0 spiro atoms. The predicted molar refractivity (Wildman–Crippen MR) is 273 cm³/mol. The first-order valence-electron chi connectivity index (χ1n) is 22.5. The van der Waals surface area contributed by atoms with Crippen molar-refractivity contribution in [2.24, 2.45) is 0 Å². The zero-order chi connectivity index (χ0) is 44.8. The number of nitrogens with zero attached hydrogens (tertiary/aromatic N) is 4. The van der Waals surface area contributed by atoms with Crippen LogP contribution in [-0.2, 0) is 0 Å². The van der Waals surface area contributed by atoms with E-state index >= 15 is 0 Å². The molecule has 0 amide bonds. The molecule has 0 N–H and O–H groups in total. The number of aromatic nitrogens is 3. The largest absolute Gasteiger partial charge is 0.278 e. The standard InChI is InChI=1S/C61H52N4/c1-38-30-41(4)56(42(5)31-38)58(57-43(6)32-39(2)33-44(57)7)51-28-29-54(40(3)34-51)65(55-37-50-25-17-16-24-49(50)36-53(55)46-19-10-8-11-20-46)61-63-59(47-21-12-9-13-22-47)62-60(64-61)52-27-26-45-18-14-15-23-48(45)35-52/h8-37,58H,1-7H3. The minimum absolute atomic E-state index is 0.0271. The van der Waals surface area contributed by atoms with Gasteiger partial charge in [0.1, 0.15) is 0 Å². The molecule has 1 aromatic heterocycles. The van der Waals surface area contributed by atoms with Gasteiger partial charge in [-0.3, -0.25) is 4.90 Å². The van der Waals surface area contributed by atoms with Gasteiger partial charge in [-0.05, 0) is 144 Å². The zero-order valence-electron chi connectivity index (χ0n) is 38.2. The minimum Gasteiger partial charge on any atom is -0.278 e. The maximum Gasteiger partial charge on any atom is 0.238 e. The second kappa shape index (κ2) is 17.1. The van der Waals surface area contributed by atoms with Gasteiger partial charge >= 0.3 is 0 Å². The summed E-state index contributed by atoms with van der Waals surface area (Å²) in [5.41, 5.74) is 18.9. The van der Waals surface area contributed by atoms with E-state index in [1.54, 1.807) is 0 Å². The van der Waals surface area contributed by atoms with Crippen molar-refractivity contribution >= 4 is 38.9 Å². The summed E-state index contributed by atoms with van der Waals surface area (Å²) in [5, 5.41) is 4.59. The Morgan fingerprint density at radius 3 is 1.42 bits per heavy atom. The van der Waals surface area contributed by atoms with Gasteiger partial charge in [-0.25, -0.2) is 4.98 Å². The Morgan fingerprint density at radius 2 is 0.846 bits per heavy atom. The molecule has 0 saturated carbocycles. The first-order chi connectivity index (χ1) is 31.6. The van der Waals surface area contributed by atoms with Crippen LogP contribution in [0.3, 0.4) is 0 Å². The van der Waals surface area contributed by atoms with Gasteiger partial charge in [0, 0.05) is 22.6 Å². The summed E-state index contributed by atoms with van der Waals surface area (Å²) in [5.74, 6) is 1.78. The van der Waals surface area contributed by atoms with Gasteiger partial charge in [-0.1, -0.05) is 169 Å². The van der Waals surface area contributed by atoms with E-state index in [9.17, 15) is 0 Å². The summed E-state index contributed by atoms with van der Waals surface area (Å²) < 4.78 is 0. The number of aryl methyl sites for hydroxylation is 7. The molecule has 0 bridgehead atoms. The Hall–Kier alpha value is -7.69. The van der Waals surface area contributed by atoms with E-state index in [4.69, 9.17) is 15.0 Å². The SMILES string of the molecule is Cc1cc(C)c(C(c2ccc(N(c3nc(-c4ccccc4)nc(-c4ccc5ccccc5c4)n3)c3cc4ccccc4cc3-c3ccccc3)c(C)c2)c2c(C)cc(C)cc2C)c(C)c1.